The number of amides is 2. The van der Waals surface area contributed by atoms with Crippen molar-refractivity contribution in [1.82, 2.24) is 15.1 Å². The van der Waals surface area contributed by atoms with Crippen LogP contribution in [0.25, 0.3) is 0 Å². The molecule has 1 saturated carbocycles. The fourth-order valence-corrected chi connectivity index (χ4v) is 4.07. The average molecular weight is 339 g/mol. The van der Waals surface area contributed by atoms with Crippen LogP contribution in [0.15, 0.2) is 0 Å². The Bertz CT molecular complexity index is 453. The van der Waals surface area contributed by atoms with E-state index in [0.717, 1.165) is 32.2 Å². The molecule has 6 heteroatoms. The molecule has 2 fully saturated rings. The number of nitrogens with one attached hydrogen (secondary N) is 1. The minimum absolute atomic E-state index is 0.0523. The van der Waals surface area contributed by atoms with Gasteiger partial charge in [-0.05, 0) is 44.6 Å². The van der Waals surface area contributed by atoms with Gasteiger partial charge in [0.25, 0.3) is 0 Å². The van der Waals surface area contributed by atoms with E-state index in [9.17, 15) is 9.59 Å². The van der Waals surface area contributed by atoms with Gasteiger partial charge in [-0.25, -0.2) is 4.79 Å². The van der Waals surface area contributed by atoms with Crippen LogP contribution in [-0.4, -0.2) is 65.7 Å². The van der Waals surface area contributed by atoms with Crippen LogP contribution < -0.4 is 5.32 Å². The van der Waals surface area contributed by atoms with Crippen molar-refractivity contribution in [2.45, 2.75) is 70.9 Å². The van der Waals surface area contributed by atoms with Crippen molar-refractivity contribution in [3.63, 3.8) is 0 Å². The average Bonchev–Trinajstić information content (AvgIpc) is 2.74. The van der Waals surface area contributed by atoms with E-state index in [0.29, 0.717) is 6.54 Å². The molecule has 2 amide bonds. The Morgan fingerprint density at radius 1 is 1.17 bits per heavy atom. The Labute approximate surface area is 145 Å². The zero-order valence-corrected chi connectivity index (χ0v) is 15.4. The largest absolute Gasteiger partial charge is 0.480 e. The molecule has 24 heavy (non-hydrogen) atoms. The van der Waals surface area contributed by atoms with Crippen molar-refractivity contribution >= 4 is 12.0 Å². The van der Waals surface area contributed by atoms with Crippen LogP contribution in [0.1, 0.15) is 58.8 Å². The first-order chi connectivity index (χ1) is 11.3. The molecule has 1 aliphatic heterocycles. The fraction of sp³-hybridized carbons (Fsp3) is 0.889. The third-order valence-corrected chi connectivity index (χ3v) is 5.80. The van der Waals surface area contributed by atoms with E-state index in [1.54, 1.807) is 0 Å². The molecule has 1 aliphatic carbocycles. The molecular formula is C18H33N3O3. The van der Waals surface area contributed by atoms with Gasteiger partial charge in [-0.3, -0.25) is 9.69 Å². The SMILES string of the molecule is CN(CC(=O)O)C1CCCN(C(=O)NC2CCCCC2(C)C)CC1. The number of urea groups is 1. The standard InChI is InChI=1S/C18H33N3O3/c1-18(2)10-5-4-8-15(18)19-17(24)21-11-6-7-14(9-12-21)20(3)13-16(22)23/h14-15H,4-13H2,1-3H3,(H,19,24)(H,22,23). The number of carboxylic acid groups (broad SMARTS) is 1. The van der Waals surface area contributed by atoms with Gasteiger partial charge in [-0.2, -0.15) is 0 Å². The van der Waals surface area contributed by atoms with Gasteiger partial charge in [0.15, 0.2) is 0 Å². The number of hydrogen-bond donors (Lipinski definition) is 2. The summed E-state index contributed by atoms with van der Waals surface area (Å²) in [4.78, 5) is 27.4. The summed E-state index contributed by atoms with van der Waals surface area (Å²) in [6.07, 6.45) is 7.39. The lowest BCUT2D eigenvalue weighted by Crippen LogP contribution is -2.51. The lowest BCUT2D eigenvalue weighted by atomic mass is 9.73. The second-order valence-electron chi connectivity index (χ2n) is 8.12. The van der Waals surface area contributed by atoms with E-state index in [-0.39, 0.29) is 30.1 Å². The Hall–Kier alpha value is -1.30. The molecule has 2 unspecified atom stereocenters. The molecule has 0 spiro atoms. The highest BCUT2D eigenvalue weighted by Gasteiger charge is 2.34. The molecule has 0 bridgehead atoms. The summed E-state index contributed by atoms with van der Waals surface area (Å²) in [7, 11) is 1.86. The Morgan fingerprint density at radius 2 is 1.92 bits per heavy atom. The molecule has 2 N–H and O–H groups in total. The molecule has 0 radical (unpaired) electrons. The molecule has 138 valence electrons. The van der Waals surface area contributed by atoms with Gasteiger partial charge in [-0.15, -0.1) is 0 Å². The van der Waals surface area contributed by atoms with Crippen LogP contribution in [0.4, 0.5) is 4.79 Å². The first kappa shape index (κ1) is 19.0. The van der Waals surface area contributed by atoms with Gasteiger partial charge in [0.2, 0.25) is 0 Å². The van der Waals surface area contributed by atoms with Crippen LogP contribution in [0.2, 0.25) is 0 Å². The Kier molecular flexibility index (Phi) is 6.49. The fourth-order valence-electron chi connectivity index (χ4n) is 4.07. The highest BCUT2D eigenvalue weighted by atomic mass is 16.4. The molecule has 1 heterocycles. The number of nitrogens with zero attached hydrogens (tertiary/aromatic N) is 2. The van der Waals surface area contributed by atoms with Gasteiger partial charge in [0.05, 0.1) is 6.54 Å². The number of rotatable bonds is 4. The lowest BCUT2D eigenvalue weighted by molar-refractivity contribution is -0.138. The Balaban J connectivity index is 1.86. The second-order valence-corrected chi connectivity index (χ2v) is 8.12. The molecule has 2 rings (SSSR count). The highest BCUT2D eigenvalue weighted by molar-refractivity contribution is 5.74. The minimum atomic E-state index is -0.795. The van der Waals surface area contributed by atoms with Crippen LogP contribution in [0.5, 0.6) is 0 Å². The monoisotopic (exact) mass is 339 g/mol. The molecule has 2 aliphatic rings. The number of likely N-dealkylation sites (tertiary alicyclic amines) is 1. The zero-order chi connectivity index (χ0) is 17.7. The number of likely N-dealkylation sites (N-methyl/N-ethyl adjacent to an activating group) is 1. The van der Waals surface area contributed by atoms with Gasteiger partial charge in [0.1, 0.15) is 0 Å². The summed E-state index contributed by atoms with van der Waals surface area (Å²) in [6.45, 7) is 6.02. The summed E-state index contributed by atoms with van der Waals surface area (Å²) in [6, 6.07) is 0.550. The molecule has 0 aromatic heterocycles. The van der Waals surface area contributed by atoms with E-state index >= 15 is 0 Å². The predicted molar refractivity (Wildman–Crippen MR) is 94.0 cm³/mol. The van der Waals surface area contributed by atoms with Crippen molar-refractivity contribution < 1.29 is 14.7 Å². The highest BCUT2D eigenvalue weighted by Crippen LogP contribution is 2.35. The van der Waals surface area contributed by atoms with Gasteiger partial charge in [-0.1, -0.05) is 26.7 Å². The summed E-state index contributed by atoms with van der Waals surface area (Å²) < 4.78 is 0. The van der Waals surface area contributed by atoms with Crippen LogP contribution >= 0.6 is 0 Å². The topological polar surface area (TPSA) is 72.9 Å². The minimum Gasteiger partial charge on any atom is -0.480 e. The molecular weight excluding hydrogens is 306 g/mol. The van der Waals surface area contributed by atoms with Gasteiger partial charge in [0, 0.05) is 25.2 Å². The van der Waals surface area contributed by atoms with Gasteiger partial charge >= 0.3 is 12.0 Å². The normalized spacial score (nSPS) is 27.6. The summed E-state index contributed by atoms with van der Waals surface area (Å²) >= 11 is 0. The quantitative estimate of drug-likeness (QED) is 0.825. The maximum Gasteiger partial charge on any atom is 0.317 e. The third kappa shape index (κ3) is 5.10. The van der Waals surface area contributed by atoms with E-state index in [2.05, 4.69) is 19.2 Å². The van der Waals surface area contributed by atoms with Crippen molar-refractivity contribution in [3.05, 3.63) is 0 Å². The number of carbonyl (C=O) groups excluding carboxylic acids is 1. The number of hydrogen-bond acceptors (Lipinski definition) is 3. The maximum atomic E-state index is 12.7. The first-order valence-corrected chi connectivity index (χ1v) is 9.27. The van der Waals surface area contributed by atoms with Crippen molar-refractivity contribution in [1.29, 1.82) is 0 Å². The zero-order valence-electron chi connectivity index (χ0n) is 15.4. The number of carboxylic acids is 1. The van der Waals surface area contributed by atoms with Crippen molar-refractivity contribution in [2.75, 3.05) is 26.7 Å². The first-order valence-electron chi connectivity index (χ1n) is 9.27. The van der Waals surface area contributed by atoms with E-state index in [1.165, 1.54) is 19.3 Å². The maximum absolute atomic E-state index is 12.7. The van der Waals surface area contributed by atoms with Crippen molar-refractivity contribution in [2.24, 2.45) is 5.41 Å². The molecule has 0 aromatic rings. The van der Waals surface area contributed by atoms with Crippen LogP contribution in [0.3, 0.4) is 0 Å². The van der Waals surface area contributed by atoms with Crippen LogP contribution in [-0.2, 0) is 4.79 Å². The van der Waals surface area contributed by atoms with E-state index in [1.807, 2.05) is 16.8 Å². The predicted octanol–water partition coefficient (Wildman–Crippen LogP) is 2.54. The van der Waals surface area contributed by atoms with Crippen LogP contribution in [0, 0.1) is 5.41 Å². The van der Waals surface area contributed by atoms with Gasteiger partial charge < -0.3 is 15.3 Å². The smallest absolute Gasteiger partial charge is 0.317 e. The second kappa shape index (κ2) is 8.19. The molecule has 0 aromatic carbocycles. The number of aliphatic carboxylic acids is 1. The third-order valence-electron chi connectivity index (χ3n) is 5.80. The summed E-state index contributed by atoms with van der Waals surface area (Å²) in [5.74, 6) is -0.795. The number of carbonyl (C=O) groups is 2. The van der Waals surface area contributed by atoms with E-state index < -0.39 is 5.97 Å². The Morgan fingerprint density at radius 3 is 2.58 bits per heavy atom. The van der Waals surface area contributed by atoms with E-state index in [4.69, 9.17) is 5.11 Å². The molecule has 6 nitrogen and oxygen atoms in total. The molecule has 2 atom stereocenters. The summed E-state index contributed by atoms with van der Waals surface area (Å²) in [5.41, 5.74) is 0.171. The molecule has 1 saturated heterocycles. The summed E-state index contributed by atoms with van der Waals surface area (Å²) in [5, 5.41) is 12.2. The van der Waals surface area contributed by atoms with Crippen molar-refractivity contribution in [3.8, 4) is 0 Å². The lowest BCUT2D eigenvalue weighted by Gasteiger charge is -2.40.